The molecule has 0 bridgehead atoms. The first kappa shape index (κ1) is 33.5. The Balaban J connectivity index is 1.66. The third-order valence-electron chi connectivity index (χ3n) is 6.64. The predicted octanol–water partition coefficient (Wildman–Crippen LogP) is 5.35. The molecule has 0 saturated carbocycles. The van der Waals surface area contributed by atoms with Crippen LogP contribution in [0.5, 0.6) is 0 Å². The number of esters is 1. The summed E-state index contributed by atoms with van der Waals surface area (Å²) in [5.41, 5.74) is 2.78. The fourth-order valence-electron chi connectivity index (χ4n) is 4.17. The zero-order valence-electron chi connectivity index (χ0n) is 25.2. The number of alkyl carbamates (subject to hydrolysis) is 1. The third-order valence-corrected chi connectivity index (χ3v) is 6.64. The lowest BCUT2D eigenvalue weighted by molar-refractivity contribution is -0.147. The average molecular weight is 567 g/mol. The van der Waals surface area contributed by atoms with Crippen molar-refractivity contribution in [1.82, 2.24) is 10.6 Å². The number of carbonyl (C=O) groups is 4. The first-order valence-corrected chi connectivity index (χ1v) is 14.5. The monoisotopic (exact) mass is 566 g/mol. The molecule has 2 amide bonds. The highest BCUT2D eigenvalue weighted by molar-refractivity contribution is 5.86. The Morgan fingerprint density at radius 2 is 1.44 bits per heavy atom. The van der Waals surface area contributed by atoms with Crippen molar-refractivity contribution < 1.29 is 28.7 Å². The molecule has 0 fully saturated rings. The van der Waals surface area contributed by atoms with Crippen LogP contribution in [-0.2, 0) is 43.1 Å². The normalized spacial score (nSPS) is 12.6. The zero-order chi connectivity index (χ0) is 30.3. The maximum atomic E-state index is 12.7. The molecule has 2 aromatic carbocycles. The largest absolute Gasteiger partial charge is 0.458 e. The number of hydrogen-bond donors (Lipinski definition) is 2. The molecule has 0 aliphatic carbocycles. The number of hydrogen-bond acceptors (Lipinski definition) is 6. The van der Waals surface area contributed by atoms with Gasteiger partial charge in [-0.25, -0.2) is 4.79 Å². The number of amides is 2. The van der Waals surface area contributed by atoms with Crippen molar-refractivity contribution in [3.8, 4) is 0 Å². The smallest absolute Gasteiger partial charge is 0.408 e. The second-order valence-corrected chi connectivity index (χ2v) is 11.4. The van der Waals surface area contributed by atoms with Crippen molar-refractivity contribution >= 4 is 23.8 Å². The van der Waals surface area contributed by atoms with Gasteiger partial charge in [0, 0.05) is 13.0 Å². The summed E-state index contributed by atoms with van der Waals surface area (Å²) in [6.45, 7) is 8.71. The molecule has 0 spiro atoms. The van der Waals surface area contributed by atoms with E-state index in [1.54, 1.807) is 20.8 Å². The second kappa shape index (κ2) is 17.2. The Morgan fingerprint density at radius 1 is 0.854 bits per heavy atom. The summed E-state index contributed by atoms with van der Waals surface area (Å²) in [6, 6.07) is 17.6. The molecule has 8 nitrogen and oxygen atoms in total. The minimum absolute atomic E-state index is 0.0294. The maximum absolute atomic E-state index is 12.7. The number of rotatable bonds is 16. The standard InChI is InChI=1S/C33H46N2O6/c1-6-24(2)30(35-32(39)41-33(3,4)5)31(38)34-21-20-29(37)40-23-28(36)22-27-18-16-26(17-19-27)15-11-10-14-25-12-8-7-9-13-25/h7-9,12-13,16-19,24,30H,6,10-11,14-15,20-23H2,1-5H3,(H,34,38)(H,35,39)/t24?,30-/m0/s1. The van der Waals surface area contributed by atoms with Crippen molar-refractivity contribution in [1.29, 1.82) is 0 Å². The highest BCUT2D eigenvalue weighted by Crippen LogP contribution is 2.13. The van der Waals surface area contributed by atoms with Crippen LogP contribution in [0.25, 0.3) is 0 Å². The van der Waals surface area contributed by atoms with E-state index in [2.05, 4.69) is 34.9 Å². The van der Waals surface area contributed by atoms with Crippen LogP contribution in [0.4, 0.5) is 4.79 Å². The van der Waals surface area contributed by atoms with Gasteiger partial charge in [-0.05, 0) is 69.1 Å². The van der Waals surface area contributed by atoms with Crippen LogP contribution in [0.15, 0.2) is 54.6 Å². The van der Waals surface area contributed by atoms with Crippen LogP contribution < -0.4 is 10.6 Å². The molecule has 0 aliphatic rings. The first-order valence-electron chi connectivity index (χ1n) is 14.5. The molecule has 8 heteroatoms. The van der Waals surface area contributed by atoms with Crippen molar-refractivity contribution in [2.75, 3.05) is 13.2 Å². The van der Waals surface area contributed by atoms with Gasteiger partial charge in [-0.15, -0.1) is 0 Å². The lowest BCUT2D eigenvalue weighted by atomic mass is 9.98. The van der Waals surface area contributed by atoms with Crippen LogP contribution in [0.3, 0.4) is 0 Å². The number of unbranched alkanes of at least 4 members (excludes halogenated alkanes) is 1. The Hall–Kier alpha value is -3.68. The number of ketones is 1. The Labute approximate surface area is 244 Å². The SMILES string of the molecule is CCC(C)[C@H](NC(=O)OC(C)(C)C)C(=O)NCCC(=O)OCC(=O)Cc1ccc(CCCCc2ccccc2)cc1. The number of aryl methyl sites for hydroxylation is 2. The number of nitrogens with one attached hydrogen (secondary N) is 2. The Kier molecular flexibility index (Phi) is 14.1. The van der Waals surface area contributed by atoms with Gasteiger partial charge >= 0.3 is 12.1 Å². The van der Waals surface area contributed by atoms with Gasteiger partial charge in [0.25, 0.3) is 0 Å². The van der Waals surface area contributed by atoms with Crippen LogP contribution in [0, 0.1) is 5.92 Å². The van der Waals surface area contributed by atoms with Crippen LogP contribution in [0.2, 0.25) is 0 Å². The average Bonchev–Trinajstić information content (AvgIpc) is 2.93. The number of Topliss-reactive ketones (excluding diaryl/α,β-unsaturated/α-hetero) is 1. The first-order chi connectivity index (χ1) is 19.5. The molecule has 2 atom stereocenters. The summed E-state index contributed by atoms with van der Waals surface area (Å²) in [5.74, 6) is -1.32. The van der Waals surface area contributed by atoms with E-state index < -0.39 is 29.6 Å². The lowest BCUT2D eigenvalue weighted by Gasteiger charge is -2.26. The van der Waals surface area contributed by atoms with Gasteiger partial charge in [-0.2, -0.15) is 0 Å². The van der Waals surface area contributed by atoms with E-state index >= 15 is 0 Å². The van der Waals surface area contributed by atoms with Crippen LogP contribution in [-0.4, -0.2) is 48.5 Å². The molecule has 0 aliphatic heterocycles. The molecule has 2 N–H and O–H groups in total. The summed E-state index contributed by atoms with van der Waals surface area (Å²) < 4.78 is 10.4. The van der Waals surface area contributed by atoms with Gasteiger partial charge in [0.1, 0.15) is 18.2 Å². The van der Waals surface area contributed by atoms with E-state index in [0.717, 1.165) is 31.2 Å². The summed E-state index contributed by atoms with van der Waals surface area (Å²) in [7, 11) is 0. The Morgan fingerprint density at radius 3 is 2.02 bits per heavy atom. The molecule has 224 valence electrons. The zero-order valence-corrected chi connectivity index (χ0v) is 25.2. The molecular formula is C33H46N2O6. The molecule has 0 heterocycles. The molecule has 0 saturated heterocycles. The summed E-state index contributed by atoms with van der Waals surface area (Å²) >= 11 is 0. The van der Waals surface area contributed by atoms with Gasteiger partial charge in [0.05, 0.1) is 6.42 Å². The number of carbonyl (C=O) groups excluding carboxylic acids is 4. The van der Waals surface area contributed by atoms with Crippen molar-refractivity contribution in [3.63, 3.8) is 0 Å². The van der Waals surface area contributed by atoms with Gasteiger partial charge in [0.15, 0.2) is 5.78 Å². The summed E-state index contributed by atoms with van der Waals surface area (Å²) in [4.78, 5) is 49.3. The quantitative estimate of drug-likeness (QED) is 0.209. The predicted molar refractivity (Wildman–Crippen MR) is 159 cm³/mol. The minimum atomic E-state index is -0.798. The molecule has 2 rings (SSSR count). The van der Waals surface area contributed by atoms with Gasteiger partial charge in [-0.1, -0.05) is 74.9 Å². The number of benzene rings is 2. The fraction of sp³-hybridized carbons (Fsp3) is 0.515. The molecule has 0 aromatic heterocycles. The van der Waals surface area contributed by atoms with Crippen LogP contribution >= 0.6 is 0 Å². The molecule has 41 heavy (non-hydrogen) atoms. The maximum Gasteiger partial charge on any atom is 0.408 e. The van der Waals surface area contributed by atoms with E-state index in [1.165, 1.54) is 11.1 Å². The number of ether oxygens (including phenoxy) is 2. The third kappa shape index (κ3) is 14.0. The van der Waals surface area contributed by atoms with Crippen molar-refractivity contribution in [3.05, 3.63) is 71.3 Å². The molecule has 0 radical (unpaired) electrons. The topological polar surface area (TPSA) is 111 Å². The van der Waals surface area contributed by atoms with Crippen molar-refractivity contribution in [2.45, 2.75) is 91.2 Å². The summed E-state index contributed by atoms with van der Waals surface area (Å²) in [6.07, 6.45) is 4.37. The van der Waals surface area contributed by atoms with E-state index in [1.807, 2.05) is 44.2 Å². The van der Waals surface area contributed by atoms with Crippen molar-refractivity contribution in [2.24, 2.45) is 5.92 Å². The summed E-state index contributed by atoms with van der Waals surface area (Å²) in [5, 5.41) is 5.27. The second-order valence-electron chi connectivity index (χ2n) is 11.4. The fourth-order valence-corrected chi connectivity index (χ4v) is 4.17. The van der Waals surface area contributed by atoms with Gasteiger partial charge < -0.3 is 20.1 Å². The highest BCUT2D eigenvalue weighted by atomic mass is 16.6. The van der Waals surface area contributed by atoms with Gasteiger partial charge in [0.2, 0.25) is 5.91 Å². The van der Waals surface area contributed by atoms with E-state index in [0.29, 0.717) is 6.42 Å². The van der Waals surface area contributed by atoms with Crippen LogP contribution in [0.1, 0.15) is 77.0 Å². The van der Waals surface area contributed by atoms with E-state index in [-0.39, 0.29) is 37.7 Å². The van der Waals surface area contributed by atoms with E-state index in [4.69, 9.17) is 9.47 Å². The van der Waals surface area contributed by atoms with E-state index in [9.17, 15) is 19.2 Å². The molecule has 1 unspecified atom stereocenters. The molecular weight excluding hydrogens is 520 g/mol. The highest BCUT2D eigenvalue weighted by Gasteiger charge is 2.28. The van der Waals surface area contributed by atoms with Gasteiger partial charge in [-0.3, -0.25) is 14.4 Å². The Bertz CT molecular complexity index is 1110. The minimum Gasteiger partial charge on any atom is -0.458 e. The molecule has 2 aromatic rings. The lowest BCUT2D eigenvalue weighted by Crippen LogP contribution is -2.51.